The lowest BCUT2D eigenvalue weighted by Crippen LogP contribution is -2.53. The van der Waals surface area contributed by atoms with Crippen molar-refractivity contribution in [2.75, 3.05) is 66.1 Å². The summed E-state index contributed by atoms with van der Waals surface area (Å²) in [6.07, 6.45) is 7.11. The number of ether oxygens (including phenoxy) is 2. The highest BCUT2D eigenvalue weighted by Gasteiger charge is 2.26. The molecule has 10 nitrogen and oxygen atoms in total. The number of piperidine rings is 1. The zero-order chi connectivity index (χ0) is 31.9. The van der Waals surface area contributed by atoms with Crippen LogP contribution in [0.4, 0.5) is 4.79 Å². The summed E-state index contributed by atoms with van der Waals surface area (Å²) in [6, 6.07) is 15.0. The molecule has 0 aliphatic carbocycles. The van der Waals surface area contributed by atoms with Gasteiger partial charge in [0.25, 0.3) is 0 Å². The Balaban J connectivity index is 1.33. The van der Waals surface area contributed by atoms with Crippen molar-refractivity contribution in [2.24, 2.45) is 10.7 Å². The maximum atomic E-state index is 12.9. The van der Waals surface area contributed by atoms with Crippen molar-refractivity contribution in [3.05, 3.63) is 53.6 Å². The average Bonchev–Trinajstić information content (AvgIpc) is 3.07. The molecule has 10 heteroatoms. The number of rotatable bonds is 14. The van der Waals surface area contributed by atoms with Crippen LogP contribution in [0, 0.1) is 0 Å². The van der Waals surface area contributed by atoms with Gasteiger partial charge in [-0.25, -0.2) is 4.79 Å². The highest BCUT2D eigenvalue weighted by Crippen LogP contribution is 2.32. The highest BCUT2D eigenvalue weighted by molar-refractivity contribution is 5.96. The maximum absolute atomic E-state index is 12.9. The first-order valence-corrected chi connectivity index (χ1v) is 16.7. The number of piperazine rings is 1. The van der Waals surface area contributed by atoms with Gasteiger partial charge in [-0.1, -0.05) is 49.7 Å². The van der Waals surface area contributed by atoms with Gasteiger partial charge < -0.3 is 25.0 Å². The molecule has 0 radical (unpaired) electrons. The zero-order valence-corrected chi connectivity index (χ0v) is 27.3. The number of urea groups is 1. The summed E-state index contributed by atoms with van der Waals surface area (Å²) in [4.78, 5) is 36.0. The lowest BCUT2D eigenvalue weighted by atomic mass is 9.99. The van der Waals surface area contributed by atoms with Crippen LogP contribution >= 0.6 is 0 Å². The Morgan fingerprint density at radius 1 is 0.889 bits per heavy atom. The number of carbonyl (C=O) groups is 2. The summed E-state index contributed by atoms with van der Waals surface area (Å²) in [5.74, 6) is 0.830. The van der Waals surface area contributed by atoms with Gasteiger partial charge in [0.05, 0.1) is 6.61 Å². The molecule has 2 heterocycles. The number of amides is 3. The van der Waals surface area contributed by atoms with Gasteiger partial charge in [0.15, 0.2) is 5.96 Å². The second kappa shape index (κ2) is 18.4. The third-order valence-corrected chi connectivity index (χ3v) is 8.44. The molecule has 2 aliphatic heterocycles. The van der Waals surface area contributed by atoms with Crippen LogP contribution in [-0.4, -0.2) is 98.7 Å². The molecule has 246 valence electrons. The van der Waals surface area contributed by atoms with Gasteiger partial charge in [0.2, 0.25) is 5.91 Å². The van der Waals surface area contributed by atoms with E-state index in [1.165, 1.54) is 12.0 Å². The van der Waals surface area contributed by atoms with Crippen LogP contribution in [0.1, 0.15) is 63.0 Å². The first-order chi connectivity index (χ1) is 22.0. The number of aryl methyl sites for hydroxylation is 1. The molecule has 0 saturated carbocycles. The van der Waals surface area contributed by atoms with Crippen molar-refractivity contribution in [1.29, 1.82) is 0 Å². The van der Waals surface area contributed by atoms with Crippen LogP contribution in [-0.2, 0) is 22.5 Å². The fraction of sp³-hybridized carbons (Fsp3) is 0.571. The van der Waals surface area contributed by atoms with E-state index in [0.717, 1.165) is 100 Å². The number of nitrogens with two attached hydrogens (primary N) is 1. The molecule has 2 saturated heterocycles. The second-order valence-corrected chi connectivity index (χ2v) is 12.0. The Morgan fingerprint density at radius 2 is 1.60 bits per heavy atom. The van der Waals surface area contributed by atoms with E-state index in [2.05, 4.69) is 58.5 Å². The molecule has 3 N–H and O–H groups in total. The van der Waals surface area contributed by atoms with Crippen LogP contribution in [0.3, 0.4) is 0 Å². The number of nitrogens with one attached hydrogen (secondary N) is 1. The number of methoxy groups -OCH3 is 1. The van der Waals surface area contributed by atoms with Crippen LogP contribution in [0.25, 0.3) is 11.1 Å². The van der Waals surface area contributed by atoms with E-state index in [4.69, 9.17) is 15.2 Å². The van der Waals surface area contributed by atoms with E-state index in [1.807, 2.05) is 15.9 Å². The van der Waals surface area contributed by atoms with E-state index >= 15 is 0 Å². The molecule has 2 aromatic carbocycles. The molecule has 0 atom stereocenters. The van der Waals surface area contributed by atoms with Crippen molar-refractivity contribution in [1.82, 2.24) is 20.0 Å². The van der Waals surface area contributed by atoms with Gasteiger partial charge in [-0.15, -0.1) is 0 Å². The molecule has 0 unspecified atom stereocenters. The molecule has 2 aromatic rings. The maximum Gasteiger partial charge on any atom is 0.320 e. The Kier molecular flexibility index (Phi) is 14.0. The predicted octanol–water partition coefficient (Wildman–Crippen LogP) is 4.66. The van der Waals surface area contributed by atoms with Crippen molar-refractivity contribution in [3.8, 4) is 16.9 Å². The molecule has 3 amide bonds. The fourth-order valence-electron chi connectivity index (χ4n) is 5.76. The molecule has 0 bridgehead atoms. The monoisotopic (exact) mass is 620 g/mol. The standard InChI is InChI=1S/C35H52N6O4/c1-3-4-17-37-34(36)38-33(42)16-12-28-11-15-31(32(26-28)45-25-8-24-44-2)30-13-9-29(10-14-30)27-39-20-22-41(23-21-39)35(43)40-18-6-5-7-19-40/h9-11,13-15,26H,3-8,12,16-25,27H2,1-2H3,(H3,36,37,38,42). The Labute approximate surface area is 268 Å². The predicted molar refractivity (Wildman–Crippen MR) is 179 cm³/mol. The molecule has 2 aliphatic rings. The van der Waals surface area contributed by atoms with Crippen molar-refractivity contribution in [3.63, 3.8) is 0 Å². The Bertz CT molecular complexity index is 1240. The number of carbonyl (C=O) groups excluding carboxylic acids is 2. The van der Waals surface area contributed by atoms with E-state index in [9.17, 15) is 9.59 Å². The number of unbranched alkanes of at least 4 members (excludes halogenated alkanes) is 1. The third kappa shape index (κ3) is 11.0. The summed E-state index contributed by atoms with van der Waals surface area (Å²) in [5.41, 5.74) is 10.2. The fourth-order valence-corrected chi connectivity index (χ4v) is 5.76. The molecular formula is C35H52N6O4. The minimum atomic E-state index is -0.148. The van der Waals surface area contributed by atoms with Crippen molar-refractivity contribution in [2.45, 2.75) is 64.8 Å². The SMILES string of the molecule is CCCCN=C(N)NC(=O)CCc1ccc(-c2ccc(CN3CCN(C(=O)N4CCCCC4)CC3)cc2)c(OCCCOC)c1. The lowest BCUT2D eigenvalue weighted by molar-refractivity contribution is -0.119. The Hall–Kier alpha value is -3.63. The largest absolute Gasteiger partial charge is 0.493 e. The summed E-state index contributed by atoms with van der Waals surface area (Å²) in [7, 11) is 1.69. The molecule has 0 aromatic heterocycles. The first-order valence-electron chi connectivity index (χ1n) is 16.7. The van der Waals surface area contributed by atoms with Crippen LogP contribution < -0.4 is 15.8 Å². The second-order valence-electron chi connectivity index (χ2n) is 12.0. The number of hydrogen-bond acceptors (Lipinski definition) is 6. The minimum Gasteiger partial charge on any atom is -0.493 e. The highest BCUT2D eigenvalue weighted by atomic mass is 16.5. The normalized spacial score (nSPS) is 16.1. The number of benzene rings is 2. The molecular weight excluding hydrogens is 568 g/mol. The zero-order valence-electron chi connectivity index (χ0n) is 27.3. The number of guanidine groups is 1. The van der Waals surface area contributed by atoms with Gasteiger partial charge >= 0.3 is 6.03 Å². The van der Waals surface area contributed by atoms with E-state index in [-0.39, 0.29) is 17.9 Å². The van der Waals surface area contributed by atoms with Gasteiger partial charge in [0, 0.05) is 84.5 Å². The van der Waals surface area contributed by atoms with Gasteiger partial charge in [-0.2, -0.15) is 0 Å². The quantitative estimate of drug-likeness (QED) is 0.181. The first kappa shape index (κ1) is 34.2. The third-order valence-electron chi connectivity index (χ3n) is 8.44. The van der Waals surface area contributed by atoms with Crippen molar-refractivity contribution >= 4 is 17.9 Å². The van der Waals surface area contributed by atoms with Crippen molar-refractivity contribution < 1.29 is 19.1 Å². The summed E-state index contributed by atoms with van der Waals surface area (Å²) >= 11 is 0. The minimum absolute atomic E-state index is 0.148. The summed E-state index contributed by atoms with van der Waals surface area (Å²) in [5, 5.41) is 2.69. The van der Waals surface area contributed by atoms with Crippen LogP contribution in [0.5, 0.6) is 5.75 Å². The molecule has 45 heavy (non-hydrogen) atoms. The smallest absolute Gasteiger partial charge is 0.320 e. The number of nitrogens with zero attached hydrogens (tertiary/aromatic N) is 4. The number of hydrogen-bond donors (Lipinski definition) is 2. The summed E-state index contributed by atoms with van der Waals surface area (Å²) < 4.78 is 11.4. The van der Waals surface area contributed by atoms with E-state index in [0.29, 0.717) is 32.6 Å². The van der Waals surface area contributed by atoms with E-state index < -0.39 is 0 Å². The van der Waals surface area contributed by atoms with Gasteiger partial charge in [-0.3, -0.25) is 20.0 Å². The molecule has 2 fully saturated rings. The Morgan fingerprint density at radius 3 is 2.31 bits per heavy atom. The van der Waals surface area contributed by atoms with Crippen LogP contribution in [0.15, 0.2) is 47.5 Å². The van der Waals surface area contributed by atoms with Crippen LogP contribution in [0.2, 0.25) is 0 Å². The average molecular weight is 621 g/mol. The van der Waals surface area contributed by atoms with Gasteiger partial charge in [-0.05, 0) is 54.9 Å². The topological polar surface area (TPSA) is 113 Å². The lowest BCUT2D eigenvalue weighted by Gasteiger charge is -2.38. The number of likely N-dealkylation sites (tertiary alicyclic amines) is 1. The molecule has 4 rings (SSSR count). The van der Waals surface area contributed by atoms with E-state index in [1.54, 1.807) is 7.11 Å². The molecule has 0 spiro atoms. The number of aliphatic imine (C=N–C) groups is 1. The summed E-state index contributed by atoms with van der Waals surface area (Å²) in [6.45, 7) is 9.88. The van der Waals surface area contributed by atoms with Gasteiger partial charge in [0.1, 0.15) is 5.75 Å².